The van der Waals surface area contributed by atoms with E-state index >= 15 is 0 Å². The molecule has 158 valence electrons. The Hall–Kier alpha value is -3.48. The van der Waals surface area contributed by atoms with Gasteiger partial charge >= 0.3 is 0 Å². The number of benzene rings is 2. The van der Waals surface area contributed by atoms with Gasteiger partial charge in [0.15, 0.2) is 0 Å². The molecule has 2 fully saturated rings. The molecule has 0 N–H and O–H groups in total. The minimum atomic E-state index is -0.283. The molecule has 1 aromatic heterocycles. The van der Waals surface area contributed by atoms with Crippen LogP contribution in [0.15, 0.2) is 60.8 Å². The number of amides is 2. The highest BCUT2D eigenvalue weighted by molar-refractivity contribution is 6.00. The molecular formula is C24H24N4O3. The van der Waals surface area contributed by atoms with Crippen molar-refractivity contribution in [2.75, 3.05) is 24.5 Å². The lowest BCUT2D eigenvalue weighted by Crippen LogP contribution is -2.45. The van der Waals surface area contributed by atoms with E-state index < -0.39 is 0 Å². The molecule has 0 aliphatic carbocycles. The van der Waals surface area contributed by atoms with Crippen LogP contribution in [0.3, 0.4) is 0 Å². The summed E-state index contributed by atoms with van der Waals surface area (Å²) in [7, 11) is 0. The topological polar surface area (TPSA) is 75.6 Å². The van der Waals surface area contributed by atoms with Gasteiger partial charge in [0.05, 0.1) is 12.1 Å². The second kappa shape index (κ2) is 8.34. The maximum Gasteiger partial charge on any atom is 0.241 e. The summed E-state index contributed by atoms with van der Waals surface area (Å²) in [4.78, 5) is 29.1. The number of carbonyl (C=O) groups excluding carboxylic acids is 2. The first-order chi connectivity index (χ1) is 15.2. The molecule has 0 radical (unpaired) electrons. The number of hydrogen-bond donors (Lipinski definition) is 0. The Balaban J connectivity index is 1.19. The predicted molar refractivity (Wildman–Crippen MR) is 117 cm³/mol. The van der Waals surface area contributed by atoms with Crippen molar-refractivity contribution in [3.63, 3.8) is 0 Å². The van der Waals surface area contributed by atoms with Crippen molar-refractivity contribution in [3.8, 4) is 5.88 Å². The highest BCUT2D eigenvalue weighted by Crippen LogP contribution is 2.28. The highest BCUT2D eigenvalue weighted by Gasteiger charge is 2.38. The summed E-state index contributed by atoms with van der Waals surface area (Å²) in [5, 5.41) is 10.1. The first-order valence-electron chi connectivity index (χ1n) is 10.7. The average molecular weight is 416 g/mol. The van der Waals surface area contributed by atoms with E-state index in [0.29, 0.717) is 25.5 Å². The Labute approximate surface area is 180 Å². The third-order valence-corrected chi connectivity index (χ3v) is 6.11. The molecule has 1 atom stereocenters. The molecule has 1 unspecified atom stereocenters. The number of nitrogens with zero attached hydrogens (tertiary/aromatic N) is 4. The molecule has 2 saturated heterocycles. The van der Waals surface area contributed by atoms with Crippen LogP contribution in [0.1, 0.15) is 19.3 Å². The van der Waals surface area contributed by atoms with Gasteiger partial charge in [-0.05, 0) is 18.2 Å². The number of piperidine rings is 1. The van der Waals surface area contributed by atoms with Crippen molar-refractivity contribution in [2.45, 2.75) is 25.4 Å². The number of ether oxygens (including phenoxy) is 1. The lowest BCUT2D eigenvalue weighted by Gasteiger charge is -2.33. The molecule has 0 spiro atoms. The number of rotatable bonds is 4. The summed E-state index contributed by atoms with van der Waals surface area (Å²) in [6, 6.07) is 17.4. The van der Waals surface area contributed by atoms with Crippen LogP contribution in [0.2, 0.25) is 0 Å². The van der Waals surface area contributed by atoms with Gasteiger partial charge in [0, 0.05) is 55.4 Å². The van der Waals surface area contributed by atoms with Gasteiger partial charge in [0.25, 0.3) is 0 Å². The van der Waals surface area contributed by atoms with Gasteiger partial charge in [-0.1, -0.05) is 36.4 Å². The average Bonchev–Trinajstić information content (AvgIpc) is 3.21. The van der Waals surface area contributed by atoms with E-state index in [-0.39, 0.29) is 30.3 Å². The first-order valence-corrected chi connectivity index (χ1v) is 10.7. The minimum absolute atomic E-state index is 0.00446. The van der Waals surface area contributed by atoms with Crippen LogP contribution in [0.25, 0.3) is 10.8 Å². The number of fused-ring (bicyclic) bond motifs is 1. The molecule has 7 nitrogen and oxygen atoms in total. The summed E-state index contributed by atoms with van der Waals surface area (Å²) >= 11 is 0. The van der Waals surface area contributed by atoms with Crippen LogP contribution in [0.4, 0.5) is 5.69 Å². The van der Waals surface area contributed by atoms with E-state index in [1.54, 1.807) is 11.1 Å². The van der Waals surface area contributed by atoms with Gasteiger partial charge in [-0.25, -0.2) is 0 Å². The number of hydrogen-bond acceptors (Lipinski definition) is 5. The zero-order valence-electron chi connectivity index (χ0n) is 17.2. The second-order valence-corrected chi connectivity index (χ2v) is 8.12. The third kappa shape index (κ3) is 3.95. The van der Waals surface area contributed by atoms with Crippen LogP contribution < -0.4 is 9.64 Å². The molecule has 7 heteroatoms. The summed E-state index contributed by atoms with van der Waals surface area (Å²) in [5.74, 6) is 0.337. The van der Waals surface area contributed by atoms with Gasteiger partial charge in [0.1, 0.15) is 6.10 Å². The normalized spacial score (nSPS) is 19.7. The zero-order valence-corrected chi connectivity index (χ0v) is 17.2. The van der Waals surface area contributed by atoms with Crippen LogP contribution in [0, 0.1) is 5.92 Å². The van der Waals surface area contributed by atoms with Gasteiger partial charge in [-0.2, -0.15) is 5.10 Å². The molecule has 2 aliphatic rings. The molecular weight excluding hydrogens is 392 g/mol. The molecule has 31 heavy (non-hydrogen) atoms. The lowest BCUT2D eigenvalue weighted by atomic mass is 10.0. The smallest absolute Gasteiger partial charge is 0.241 e. The third-order valence-electron chi connectivity index (χ3n) is 6.11. The predicted octanol–water partition coefficient (Wildman–Crippen LogP) is 3.05. The number of carbonyl (C=O) groups is 2. The molecule has 5 rings (SSSR count). The standard InChI is InChI=1S/C24H24N4O3/c29-22-14-18(16-28(22)19-7-2-1-3-8-19)24(30)27-12-10-20(11-13-27)31-23-21-9-5-4-6-17(21)15-25-26-23/h1-9,15,18,20H,10-14,16H2. The monoisotopic (exact) mass is 416 g/mol. The fraction of sp³-hybridized carbons (Fsp3) is 0.333. The van der Waals surface area contributed by atoms with Crippen molar-refractivity contribution in [1.29, 1.82) is 0 Å². The van der Waals surface area contributed by atoms with Crippen LogP contribution in [-0.4, -0.2) is 52.6 Å². The second-order valence-electron chi connectivity index (χ2n) is 8.12. The largest absolute Gasteiger partial charge is 0.473 e. The SMILES string of the molecule is O=C(C1CC(=O)N(c2ccccc2)C1)N1CCC(Oc2nncc3ccccc23)CC1. The van der Waals surface area contributed by atoms with Crippen molar-refractivity contribution >= 4 is 28.3 Å². The van der Waals surface area contributed by atoms with E-state index in [1.165, 1.54) is 0 Å². The fourth-order valence-electron chi connectivity index (χ4n) is 4.43. The Bertz CT molecular complexity index is 1090. The molecule has 2 aliphatic heterocycles. The molecule has 3 aromatic rings. The zero-order chi connectivity index (χ0) is 21.2. The van der Waals surface area contributed by atoms with E-state index in [4.69, 9.17) is 4.74 Å². The van der Waals surface area contributed by atoms with E-state index in [0.717, 1.165) is 29.3 Å². The lowest BCUT2D eigenvalue weighted by molar-refractivity contribution is -0.137. The molecule has 2 amide bonds. The van der Waals surface area contributed by atoms with Crippen LogP contribution in [-0.2, 0) is 9.59 Å². The van der Waals surface area contributed by atoms with Crippen molar-refractivity contribution < 1.29 is 14.3 Å². The quantitative estimate of drug-likeness (QED) is 0.653. The maximum atomic E-state index is 13.0. The van der Waals surface area contributed by atoms with E-state index in [9.17, 15) is 9.59 Å². The highest BCUT2D eigenvalue weighted by atomic mass is 16.5. The van der Waals surface area contributed by atoms with Gasteiger partial charge < -0.3 is 14.5 Å². The van der Waals surface area contributed by atoms with Crippen molar-refractivity contribution in [2.24, 2.45) is 5.92 Å². The summed E-state index contributed by atoms with van der Waals surface area (Å²) < 4.78 is 6.14. The molecule has 0 bridgehead atoms. The summed E-state index contributed by atoms with van der Waals surface area (Å²) in [6.07, 6.45) is 3.47. The number of anilines is 1. The number of aromatic nitrogens is 2. The summed E-state index contributed by atoms with van der Waals surface area (Å²) in [6.45, 7) is 1.69. The van der Waals surface area contributed by atoms with E-state index in [2.05, 4.69) is 10.2 Å². The number of likely N-dealkylation sites (tertiary alicyclic amines) is 1. The molecule has 2 aromatic carbocycles. The van der Waals surface area contributed by atoms with Crippen molar-refractivity contribution in [3.05, 3.63) is 60.8 Å². The Kier molecular flexibility index (Phi) is 5.24. The van der Waals surface area contributed by atoms with E-state index in [1.807, 2.05) is 59.5 Å². The van der Waals surface area contributed by atoms with Gasteiger partial charge in [-0.15, -0.1) is 5.10 Å². The first kappa shape index (κ1) is 19.5. The molecule has 3 heterocycles. The fourth-order valence-corrected chi connectivity index (χ4v) is 4.43. The van der Waals surface area contributed by atoms with Gasteiger partial charge in [0.2, 0.25) is 17.7 Å². The maximum absolute atomic E-state index is 13.0. The van der Waals surface area contributed by atoms with Crippen molar-refractivity contribution in [1.82, 2.24) is 15.1 Å². The Morgan fingerprint density at radius 1 is 1.00 bits per heavy atom. The Morgan fingerprint density at radius 3 is 2.55 bits per heavy atom. The van der Waals surface area contributed by atoms with Crippen LogP contribution in [0.5, 0.6) is 5.88 Å². The van der Waals surface area contributed by atoms with Crippen LogP contribution >= 0.6 is 0 Å². The van der Waals surface area contributed by atoms with Gasteiger partial charge in [-0.3, -0.25) is 9.59 Å². The minimum Gasteiger partial charge on any atom is -0.473 e. The Morgan fingerprint density at radius 2 is 1.74 bits per heavy atom. The molecule has 0 saturated carbocycles. The summed E-state index contributed by atoms with van der Waals surface area (Å²) in [5.41, 5.74) is 0.853. The number of para-hydroxylation sites is 1.